The fourth-order valence-electron chi connectivity index (χ4n) is 1.60. The van der Waals surface area contributed by atoms with Crippen molar-refractivity contribution in [2.75, 3.05) is 13.1 Å². The van der Waals surface area contributed by atoms with E-state index in [2.05, 4.69) is 10.0 Å². The summed E-state index contributed by atoms with van der Waals surface area (Å²) in [5, 5.41) is 10.4. The van der Waals surface area contributed by atoms with Crippen molar-refractivity contribution in [3.05, 3.63) is 0 Å². The van der Waals surface area contributed by atoms with E-state index < -0.39 is 21.2 Å². The Kier molecular flexibility index (Phi) is 4.69. The first-order chi connectivity index (χ1) is 7.43. The van der Waals surface area contributed by atoms with Crippen LogP contribution in [0.15, 0.2) is 0 Å². The third kappa shape index (κ3) is 3.73. The van der Waals surface area contributed by atoms with E-state index in [1.807, 2.05) is 0 Å². The van der Waals surface area contributed by atoms with Gasteiger partial charge in [-0.05, 0) is 39.3 Å². The van der Waals surface area contributed by atoms with Gasteiger partial charge in [0.25, 0.3) is 0 Å². The van der Waals surface area contributed by atoms with Gasteiger partial charge >= 0.3 is 5.97 Å². The van der Waals surface area contributed by atoms with Gasteiger partial charge in [-0.15, -0.1) is 0 Å². The van der Waals surface area contributed by atoms with Gasteiger partial charge < -0.3 is 10.4 Å². The number of carboxylic acid groups (broad SMARTS) is 1. The van der Waals surface area contributed by atoms with Gasteiger partial charge in [0.1, 0.15) is 0 Å². The molecule has 1 fully saturated rings. The van der Waals surface area contributed by atoms with Crippen LogP contribution >= 0.6 is 0 Å². The van der Waals surface area contributed by atoms with Crippen LogP contribution in [0.1, 0.15) is 26.2 Å². The van der Waals surface area contributed by atoms with Crippen molar-refractivity contribution in [3.8, 4) is 0 Å². The van der Waals surface area contributed by atoms with Gasteiger partial charge in [-0.3, -0.25) is 4.79 Å². The normalized spacial score (nSPS) is 24.7. The number of sulfonamides is 1. The van der Waals surface area contributed by atoms with Gasteiger partial charge in [0.15, 0.2) is 5.25 Å². The van der Waals surface area contributed by atoms with Crippen molar-refractivity contribution >= 4 is 16.0 Å². The molecule has 0 radical (unpaired) electrons. The second-order valence-corrected chi connectivity index (χ2v) is 6.05. The fourth-order valence-corrected chi connectivity index (χ4v) is 2.77. The van der Waals surface area contributed by atoms with E-state index in [4.69, 9.17) is 5.11 Å². The molecule has 1 heterocycles. The van der Waals surface area contributed by atoms with Crippen LogP contribution in [-0.4, -0.2) is 43.9 Å². The first-order valence-electron chi connectivity index (χ1n) is 5.38. The van der Waals surface area contributed by atoms with E-state index in [-0.39, 0.29) is 6.04 Å². The highest BCUT2D eigenvalue weighted by Gasteiger charge is 2.29. The molecule has 94 valence electrons. The standard InChI is InChI=1S/C9H18N2O4S/c1-7(9(12)13)16(14,15)11-8-3-2-5-10-6-4-8/h7-8,10-11H,2-6H2,1H3,(H,12,13). The smallest absolute Gasteiger partial charge is 0.323 e. The predicted molar refractivity (Wildman–Crippen MR) is 59.7 cm³/mol. The minimum absolute atomic E-state index is 0.151. The Hall–Kier alpha value is -0.660. The third-order valence-corrected chi connectivity index (χ3v) is 4.51. The van der Waals surface area contributed by atoms with Gasteiger partial charge in [-0.2, -0.15) is 0 Å². The summed E-state index contributed by atoms with van der Waals surface area (Å²) in [7, 11) is -3.75. The number of hydrogen-bond donors (Lipinski definition) is 3. The molecule has 0 spiro atoms. The molecule has 16 heavy (non-hydrogen) atoms. The molecule has 0 aromatic rings. The average Bonchev–Trinajstić information content (AvgIpc) is 2.44. The maximum atomic E-state index is 11.6. The highest BCUT2D eigenvalue weighted by molar-refractivity contribution is 7.90. The first-order valence-corrected chi connectivity index (χ1v) is 6.93. The van der Waals surface area contributed by atoms with Crippen LogP contribution in [0.5, 0.6) is 0 Å². The van der Waals surface area contributed by atoms with E-state index in [9.17, 15) is 13.2 Å². The van der Waals surface area contributed by atoms with E-state index in [1.165, 1.54) is 6.92 Å². The zero-order valence-corrected chi connectivity index (χ0v) is 10.1. The summed E-state index contributed by atoms with van der Waals surface area (Å²) in [6, 6.07) is -0.151. The summed E-state index contributed by atoms with van der Waals surface area (Å²) in [5.74, 6) is -1.32. The Morgan fingerprint density at radius 2 is 2.12 bits per heavy atom. The van der Waals surface area contributed by atoms with Crippen LogP contribution in [0, 0.1) is 0 Å². The number of carbonyl (C=O) groups is 1. The molecule has 6 nitrogen and oxygen atoms in total. The molecule has 7 heteroatoms. The Balaban J connectivity index is 2.60. The quantitative estimate of drug-likeness (QED) is 0.626. The zero-order chi connectivity index (χ0) is 12.2. The van der Waals surface area contributed by atoms with Crippen LogP contribution in [0.25, 0.3) is 0 Å². The predicted octanol–water partition coefficient (Wildman–Crippen LogP) is -0.479. The van der Waals surface area contributed by atoms with Crippen LogP contribution < -0.4 is 10.0 Å². The molecule has 0 bridgehead atoms. The second-order valence-electron chi connectivity index (χ2n) is 4.02. The molecule has 0 aromatic carbocycles. The molecular weight excluding hydrogens is 232 g/mol. The van der Waals surface area contributed by atoms with Crippen LogP contribution in [0.2, 0.25) is 0 Å². The Labute approximate surface area is 95.5 Å². The maximum Gasteiger partial charge on any atom is 0.323 e. The van der Waals surface area contributed by atoms with E-state index >= 15 is 0 Å². The number of rotatable bonds is 4. The van der Waals surface area contributed by atoms with Gasteiger partial charge in [-0.1, -0.05) is 0 Å². The number of carboxylic acids is 1. The topological polar surface area (TPSA) is 95.5 Å². The Bertz CT molecular complexity index is 333. The largest absolute Gasteiger partial charge is 0.480 e. The second kappa shape index (κ2) is 5.60. The molecule has 1 rings (SSSR count). The molecule has 3 N–H and O–H groups in total. The molecule has 2 atom stereocenters. The van der Waals surface area contributed by atoms with Gasteiger partial charge in [-0.25, -0.2) is 13.1 Å². The molecule has 1 aliphatic heterocycles. The summed E-state index contributed by atoms with van der Waals surface area (Å²) in [4.78, 5) is 10.6. The average molecular weight is 250 g/mol. The van der Waals surface area contributed by atoms with Crippen molar-refractivity contribution in [3.63, 3.8) is 0 Å². The first kappa shape index (κ1) is 13.4. The molecule has 1 saturated heterocycles. The van der Waals surface area contributed by atoms with Crippen molar-refractivity contribution in [2.24, 2.45) is 0 Å². The van der Waals surface area contributed by atoms with Crippen molar-refractivity contribution in [1.82, 2.24) is 10.0 Å². The van der Waals surface area contributed by atoms with Crippen molar-refractivity contribution in [1.29, 1.82) is 0 Å². The lowest BCUT2D eigenvalue weighted by molar-refractivity contribution is -0.136. The number of aliphatic carboxylic acids is 1. The summed E-state index contributed by atoms with van der Waals surface area (Å²) in [5.41, 5.74) is 0. The molecule has 2 unspecified atom stereocenters. The van der Waals surface area contributed by atoms with Crippen molar-refractivity contribution in [2.45, 2.75) is 37.5 Å². The fraction of sp³-hybridized carbons (Fsp3) is 0.889. The minimum Gasteiger partial charge on any atom is -0.480 e. The zero-order valence-electron chi connectivity index (χ0n) is 9.27. The van der Waals surface area contributed by atoms with Crippen LogP contribution in [-0.2, 0) is 14.8 Å². The molecule has 0 aromatic heterocycles. The summed E-state index contributed by atoms with van der Waals surface area (Å²) < 4.78 is 25.7. The van der Waals surface area contributed by atoms with Crippen LogP contribution in [0.4, 0.5) is 0 Å². The highest BCUT2D eigenvalue weighted by Crippen LogP contribution is 2.09. The highest BCUT2D eigenvalue weighted by atomic mass is 32.2. The summed E-state index contributed by atoms with van der Waals surface area (Å²) in [6.45, 7) is 2.82. The molecule has 0 saturated carbocycles. The maximum absolute atomic E-state index is 11.6. The lowest BCUT2D eigenvalue weighted by atomic mass is 10.1. The van der Waals surface area contributed by atoms with Gasteiger partial charge in [0.05, 0.1) is 0 Å². The summed E-state index contributed by atoms with van der Waals surface area (Å²) >= 11 is 0. The third-order valence-electron chi connectivity index (χ3n) is 2.72. The monoisotopic (exact) mass is 250 g/mol. The molecule has 1 aliphatic rings. The van der Waals surface area contributed by atoms with Crippen LogP contribution in [0.3, 0.4) is 0 Å². The van der Waals surface area contributed by atoms with E-state index in [1.54, 1.807) is 0 Å². The van der Waals surface area contributed by atoms with Gasteiger partial charge in [0, 0.05) is 6.04 Å². The van der Waals surface area contributed by atoms with Crippen molar-refractivity contribution < 1.29 is 18.3 Å². The number of hydrogen-bond acceptors (Lipinski definition) is 4. The summed E-state index contributed by atoms with van der Waals surface area (Å²) in [6.07, 6.45) is 2.35. The van der Waals surface area contributed by atoms with E-state index in [0.717, 1.165) is 25.9 Å². The van der Waals surface area contributed by atoms with E-state index in [0.29, 0.717) is 6.42 Å². The molecule has 0 aliphatic carbocycles. The lowest BCUT2D eigenvalue weighted by Crippen LogP contribution is -2.43. The Morgan fingerprint density at radius 1 is 1.44 bits per heavy atom. The Morgan fingerprint density at radius 3 is 2.75 bits per heavy atom. The minimum atomic E-state index is -3.75. The lowest BCUT2D eigenvalue weighted by Gasteiger charge is -2.17. The van der Waals surface area contributed by atoms with Gasteiger partial charge in [0.2, 0.25) is 10.0 Å². The SMILES string of the molecule is CC(C(=O)O)S(=O)(=O)NC1CCCNCC1. The molecule has 0 amide bonds. The molecular formula is C9H18N2O4S. The number of nitrogens with one attached hydrogen (secondary N) is 2.